The van der Waals surface area contributed by atoms with Gasteiger partial charge in [0, 0.05) is 17.4 Å². The zero-order valence-corrected chi connectivity index (χ0v) is 12.9. The lowest BCUT2D eigenvalue weighted by Crippen LogP contribution is -2.17. The van der Waals surface area contributed by atoms with Gasteiger partial charge in [0.1, 0.15) is 12.0 Å². The van der Waals surface area contributed by atoms with Gasteiger partial charge in [-0.25, -0.2) is 4.98 Å². The van der Waals surface area contributed by atoms with Crippen molar-refractivity contribution in [1.82, 2.24) is 10.3 Å². The second-order valence-corrected chi connectivity index (χ2v) is 5.36. The molecule has 1 atom stereocenters. The van der Waals surface area contributed by atoms with E-state index in [9.17, 15) is 0 Å². The van der Waals surface area contributed by atoms with Crippen LogP contribution in [0.3, 0.4) is 0 Å². The lowest BCUT2D eigenvalue weighted by molar-refractivity contribution is 0.410. The van der Waals surface area contributed by atoms with Crippen molar-refractivity contribution in [2.45, 2.75) is 30.9 Å². The smallest absolute Gasteiger partial charge is 0.255 e. The number of hydrogen-bond donors (Lipinski definition) is 1. The van der Waals surface area contributed by atoms with Crippen LogP contribution in [0.5, 0.6) is 5.75 Å². The summed E-state index contributed by atoms with van der Waals surface area (Å²) in [6.45, 7) is 5.23. The van der Waals surface area contributed by atoms with Crippen molar-refractivity contribution in [2.75, 3.05) is 13.7 Å². The number of hydrogen-bond acceptors (Lipinski definition) is 5. The van der Waals surface area contributed by atoms with E-state index in [2.05, 4.69) is 36.3 Å². The summed E-state index contributed by atoms with van der Waals surface area (Å²) >= 11 is 1.57. The van der Waals surface area contributed by atoms with E-state index in [1.165, 1.54) is 5.56 Å². The molecule has 0 saturated heterocycles. The Bertz CT molecular complexity index is 529. The molecule has 1 unspecified atom stereocenters. The Balaban J connectivity index is 2.13. The number of aromatic nitrogens is 1. The van der Waals surface area contributed by atoms with Gasteiger partial charge < -0.3 is 14.5 Å². The molecule has 2 rings (SSSR count). The molecule has 1 N–H and O–H groups in total. The molecule has 4 nitrogen and oxygen atoms in total. The van der Waals surface area contributed by atoms with Crippen molar-refractivity contribution in [3.05, 3.63) is 41.8 Å². The van der Waals surface area contributed by atoms with Gasteiger partial charge in [0.15, 0.2) is 0 Å². The zero-order chi connectivity index (χ0) is 14.4. The average Bonchev–Trinajstić information content (AvgIpc) is 2.98. The van der Waals surface area contributed by atoms with Gasteiger partial charge in [-0.15, -0.1) is 0 Å². The Labute approximate surface area is 123 Å². The van der Waals surface area contributed by atoms with Crippen LogP contribution in [0.25, 0.3) is 0 Å². The van der Waals surface area contributed by atoms with Crippen molar-refractivity contribution >= 4 is 11.8 Å². The molecule has 0 amide bonds. The van der Waals surface area contributed by atoms with Gasteiger partial charge in [-0.3, -0.25) is 0 Å². The molecule has 20 heavy (non-hydrogen) atoms. The molecule has 1 aromatic heterocycles. The molecule has 0 spiro atoms. The van der Waals surface area contributed by atoms with Crippen molar-refractivity contribution in [2.24, 2.45) is 0 Å². The molecule has 108 valence electrons. The minimum absolute atomic E-state index is 0.330. The normalized spacial score (nSPS) is 12.3. The van der Waals surface area contributed by atoms with Crippen LogP contribution in [-0.2, 0) is 5.75 Å². The van der Waals surface area contributed by atoms with E-state index in [1.54, 1.807) is 31.3 Å². The Morgan fingerprint density at radius 1 is 1.45 bits per heavy atom. The summed E-state index contributed by atoms with van der Waals surface area (Å²) in [5.41, 5.74) is 2.41. The molecule has 0 saturated carbocycles. The van der Waals surface area contributed by atoms with E-state index in [4.69, 9.17) is 9.15 Å². The van der Waals surface area contributed by atoms with Gasteiger partial charge in [0.25, 0.3) is 5.22 Å². The van der Waals surface area contributed by atoms with E-state index < -0.39 is 0 Å². The van der Waals surface area contributed by atoms with E-state index in [0.717, 1.165) is 23.6 Å². The SMILES string of the molecule is CCNC(C)c1ccc(OC)c(CSc2ncco2)c1. The maximum atomic E-state index is 5.43. The second-order valence-electron chi connectivity index (χ2n) is 4.44. The highest BCUT2D eigenvalue weighted by Crippen LogP contribution is 2.29. The van der Waals surface area contributed by atoms with Crippen molar-refractivity contribution in [1.29, 1.82) is 0 Å². The monoisotopic (exact) mass is 292 g/mol. The predicted molar refractivity (Wildman–Crippen MR) is 81.1 cm³/mol. The Hall–Kier alpha value is -1.46. The summed E-state index contributed by atoms with van der Waals surface area (Å²) in [4.78, 5) is 4.12. The van der Waals surface area contributed by atoms with Gasteiger partial charge in [-0.05, 0) is 31.2 Å². The number of benzene rings is 1. The van der Waals surface area contributed by atoms with Gasteiger partial charge in [-0.2, -0.15) is 0 Å². The minimum Gasteiger partial charge on any atom is -0.496 e. The van der Waals surface area contributed by atoms with Gasteiger partial charge in [0.2, 0.25) is 0 Å². The third-order valence-corrected chi connectivity index (χ3v) is 3.98. The largest absolute Gasteiger partial charge is 0.496 e. The average molecular weight is 292 g/mol. The van der Waals surface area contributed by atoms with Gasteiger partial charge in [0.05, 0.1) is 13.3 Å². The molecule has 0 aliphatic rings. The van der Waals surface area contributed by atoms with Crippen LogP contribution >= 0.6 is 11.8 Å². The second kappa shape index (κ2) is 7.36. The first-order valence-electron chi connectivity index (χ1n) is 6.67. The fourth-order valence-electron chi connectivity index (χ4n) is 2.03. The fourth-order valence-corrected chi connectivity index (χ4v) is 2.79. The number of thioether (sulfide) groups is 1. The maximum absolute atomic E-state index is 5.43. The molecule has 0 fully saturated rings. The standard InChI is InChI=1S/C15H20N2O2S/c1-4-16-11(2)12-5-6-14(18-3)13(9-12)10-20-15-17-7-8-19-15/h5-9,11,16H,4,10H2,1-3H3. The number of nitrogens with zero attached hydrogens (tertiary/aromatic N) is 1. The third kappa shape index (κ3) is 3.77. The van der Waals surface area contributed by atoms with E-state index >= 15 is 0 Å². The van der Waals surface area contributed by atoms with Crippen LogP contribution in [0, 0.1) is 0 Å². The first kappa shape index (κ1) is 14.9. The van der Waals surface area contributed by atoms with E-state index in [0.29, 0.717) is 11.3 Å². The van der Waals surface area contributed by atoms with Gasteiger partial charge in [-0.1, -0.05) is 24.8 Å². The van der Waals surface area contributed by atoms with Crippen LogP contribution in [0.2, 0.25) is 0 Å². The van der Waals surface area contributed by atoms with Gasteiger partial charge >= 0.3 is 0 Å². The van der Waals surface area contributed by atoms with Crippen LogP contribution in [-0.4, -0.2) is 18.6 Å². The molecular weight excluding hydrogens is 272 g/mol. The Morgan fingerprint density at radius 3 is 2.95 bits per heavy atom. The molecule has 2 aromatic rings. The van der Waals surface area contributed by atoms with E-state index in [1.807, 2.05) is 6.07 Å². The third-order valence-electron chi connectivity index (χ3n) is 3.08. The number of methoxy groups -OCH3 is 1. The summed E-state index contributed by atoms with van der Waals surface area (Å²) in [7, 11) is 1.70. The summed E-state index contributed by atoms with van der Waals surface area (Å²) < 4.78 is 10.7. The lowest BCUT2D eigenvalue weighted by atomic mass is 10.0. The van der Waals surface area contributed by atoms with Crippen molar-refractivity contribution in [3.63, 3.8) is 0 Å². The first-order valence-corrected chi connectivity index (χ1v) is 7.65. The molecule has 0 aliphatic carbocycles. The zero-order valence-electron chi connectivity index (χ0n) is 12.1. The summed E-state index contributed by atoms with van der Waals surface area (Å²) in [5, 5.41) is 4.10. The highest BCUT2D eigenvalue weighted by atomic mass is 32.2. The maximum Gasteiger partial charge on any atom is 0.255 e. The number of oxazole rings is 1. The molecular formula is C15H20N2O2S. The molecule has 5 heteroatoms. The Kier molecular flexibility index (Phi) is 5.49. The molecule has 0 aliphatic heterocycles. The molecule has 0 bridgehead atoms. The van der Waals surface area contributed by atoms with Crippen molar-refractivity contribution in [3.8, 4) is 5.75 Å². The highest BCUT2D eigenvalue weighted by molar-refractivity contribution is 7.98. The number of rotatable bonds is 7. The topological polar surface area (TPSA) is 47.3 Å². The highest BCUT2D eigenvalue weighted by Gasteiger charge is 2.10. The minimum atomic E-state index is 0.330. The summed E-state index contributed by atoms with van der Waals surface area (Å²) in [6.07, 6.45) is 3.24. The first-order chi connectivity index (χ1) is 9.74. The fraction of sp³-hybridized carbons (Fsp3) is 0.400. The summed E-state index contributed by atoms with van der Waals surface area (Å²) in [5.74, 6) is 1.67. The van der Waals surface area contributed by atoms with Crippen molar-refractivity contribution < 1.29 is 9.15 Å². The lowest BCUT2D eigenvalue weighted by Gasteiger charge is -2.15. The predicted octanol–water partition coefficient (Wildman–Crippen LogP) is 3.65. The number of ether oxygens (including phenoxy) is 1. The Morgan fingerprint density at radius 2 is 2.30 bits per heavy atom. The molecule has 1 aromatic carbocycles. The molecule has 1 heterocycles. The number of nitrogens with one attached hydrogen (secondary N) is 1. The van der Waals surface area contributed by atoms with Crippen LogP contribution in [0.15, 0.2) is 40.3 Å². The van der Waals surface area contributed by atoms with Crippen LogP contribution in [0.1, 0.15) is 31.0 Å². The quantitative estimate of drug-likeness (QED) is 0.789. The van der Waals surface area contributed by atoms with Crippen LogP contribution < -0.4 is 10.1 Å². The summed E-state index contributed by atoms with van der Waals surface area (Å²) in [6, 6.07) is 6.64. The molecule has 0 radical (unpaired) electrons. The van der Waals surface area contributed by atoms with E-state index in [-0.39, 0.29) is 0 Å². The van der Waals surface area contributed by atoms with Crippen LogP contribution in [0.4, 0.5) is 0 Å².